The average Bonchev–Trinajstić information content (AvgIpc) is 2.80. The number of rotatable bonds is 6. The molecule has 0 aliphatic carbocycles. The third-order valence-electron chi connectivity index (χ3n) is 3.79. The molecule has 2 heterocycles. The molecule has 0 aliphatic heterocycles. The van der Waals surface area contributed by atoms with Gasteiger partial charge in [-0.05, 0) is 25.3 Å². The zero-order chi connectivity index (χ0) is 17.3. The van der Waals surface area contributed by atoms with E-state index in [0.29, 0.717) is 39.3 Å². The molecule has 0 aromatic carbocycles. The van der Waals surface area contributed by atoms with Crippen LogP contribution in [-0.4, -0.2) is 21.4 Å². The van der Waals surface area contributed by atoms with E-state index in [2.05, 4.69) is 4.98 Å². The Kier molecular flexibility index (Phi) is 4.84. The van der Waals surface area contributed by atoms with Crippen molar-refractivity contribution in [3.8, 4) is 0 Å². The Morgan fingerprint density at radius 3 is 2.43 bits per heavy atom. The minimum atomic E-state index is -0.753. The molecule has 4 N–H and O–H groups in total. The maximum atomic E-state index is 13.0. The zero-order valence-electron chi connectivity index (χ0n) is 13.4. The van der Waals surface area contributed by atoms with Gasteiger partial charge in [0.2, 0.25) is 5.91 Å². The molecule has 0 spiro atoms. The van der Waals surface area contributed by atoms with E-state index in [-0.39, 0.29) is 5.56 Å². The normalized spacial score (nSPS) is 12.5. The molecule has 1 atom stereocenters. The third-order valence-corrected chi connectivity index (χ3v) is 4.99. The number of aryl methyl sites for hydroxylation is 2. The molecule has 0 bridgehead atoms. The number of carbonyl (C=O) groups is 2. The smallest absolute Gasteiger partial charge is 0.263 e. The summed E-state index contributed by atoms with van der Waals surface area (Å²) < 4.78 is 1.37. The van der Waals surface area contributed by atoms with Crippen molar-refractivity contribution in [2.24, 2.45) is 11.5 Å². The van der Waals surface area contributed by atoms with Gasteiger partial charge in [0, 0.05) is 6.42 Å². The van der Waals surface area contributed by atoms with Crippen LogP contribution in [0.5, 0.6) is 0 Å². The van der Waals surface area contributed by atoms with Crippen molar-refractivity contribution in [1.29, 1.82) is 0 Å². The molecule has 23 heavy (non-hydrogen) atoms. The van der Waals surface area contributed by atoms with Crippen LogP contribution in [0.25, 0.3) is 10.2 Å². The molecule has 2 aromatic rings. The number of primary amides is 2. The number of thiophene rings is 1. The van der Waals surface area contributed by atoms with Crippen molar-refractivity contribution in [2.45, 2.75) is 46.1 Å². The molecule has 8 heteroatoms. The highest BCUT2D eigenvalue weighted by atomic mass is 32.1. The van der Waals surface area contributed by atoms with E-state index in [1.807, 2.05) is 6.92 Å². The Morgan fingerprint density at radius 2 is 1.96 bits per heavy atom. The van der Waals surface area contributed by atoms with Crippen LogP contribution in [0.2, 0.25) is 0 Å². The molecule has 0 saturated heterocycles. The highest BCUT2D eigenvalue weighted by molar-refractivity contribution is 7.20. The predicted molar refractivity (Wildman–Crippen MR) is 89.7 cm³/mol. The van der Waals surface area contributed by atoms with Gasteiger partial charge in [0.1, 0.15) is 16.7 Å². The monoisotopic (exact) mass is 336 g/mol. The minimum absolute atomic E-state index is 0.317. The van der Waals surface area contributed by atoms with Crippen molar-refractivity contribution in [2.75, 3.05) is 0 Å². The lowest BCUT2D eigenvalue weighted by atomic mass is 10.1. The first-order chi connectivity index (χ1) is 10.8. The molecule has 1 unspecified atom stereocenters. The van der Waals surface area contributed by atoms with Gasteiger partial charge in [0.05, 0.1) is 10.3 Å². The highest BCUT2D eigenvalue weighted by Gasteiger charge is 2.25. The van der Waals surface area contributed by atoms with Crippen molar-refractivity contribution in [3.05, 3.63) is 26.6 Å². The predicted octanol–water partition coefficient (Wildman–Crippen LogP) is 1.25. The van der Waals surface area contributed by atoms with Gasteiger partial charge in [-0.2, -0.15) is 0 Å². The van der Waals surface area contributed by atoms with E-state index < -0.39 is 17.9 Å². The number of carbonyl (C=O) groups excluding carboxylic acids is 2. The number of nitrogens with zero attached hydrogens (tertiary/aromatic N) is 2. The summed E-state index contributed by atoms with van der Waals surface area (Å²) in [6.45, 7) is 5.41. The maximum Gasteiger partial charge on any atom is 0.263 e. The fourth-order valence-corrected chi connectivity index (χ4v) is 3.75. The second-order valence-electron chi connectivity index (χ2n) is 5.38. The van der Waals surface area contributed by atoms with Crippen LogP contribution in [0.1, 0.15) is 53.8 Å². The second kappa shape index (κ2) is 6.49. The summed E-state index contributed by atoms with van der Waals surface area (Å²) in [5.41, 5.74) is 11.0. The fraction of sp³-hybridized carbons (Fsp3) is 0.467. The molecule has 0 saturated carbocycles. The van der Waals surface area contributed by atoms with E-state index in [1.165, 1.54) is 4.57 Å². The van der Waals surface area contributed by atoms with Crippen molar-refractivity contribution >= 4 is 33.4 Å². The summed E-state index contributed by atoms with van der Waals surface area (Å²) in [6.07, 6.45) is 1.70. The Bertz CT molecular complexity index is 837. The quantitative estimate of drug-likeness (QED) is 0.824. The Labute approximate surface area is 137 Å². The Morgan fingerprint density at radius 1 is 1.30 bits per heavy atom. The van der Waals surface area contributed by atoms with E-state index >= 15 is 0 Å². The molecule has 0 radical (unpaired) electrons. The van der Waals surface area contributed by atoms with Gasteiger partial charge in [-0.25, -0.2) is 4.98 Å². The van der Waals surface area contributed by atoms with Crippen LogP contribution >= 0.6 is 11.3 Å². The SMILES string of the molecule is CCCc1nc2sc(C(N)=O)c(C)c2c(=O)n1C(CC)C(N)=O. The molecular formula is C15H20N4O3S. The van der Waals surface area contributed by atoms with Crippen molar-refractivity contribution in [3.63, 3.8) is 0 Å². The van der Waals surface area contributed by atoms with Gasteiger partial charge in [-0.3, -0.25) is 19.0 Å². The highest BCUT2D eigenvalue weighted by Crippen LogP contribution is 2.28. The van der Waals surface area contributed by atoms with E-state index in [0.717, 1.165) is 17.8 Å². The molecule has 0 fully saturated rings. The van der Waals surface area contributed by atoms with Gasteiger partial charge in [-0.1, -0.05) is 13.8 Å². The third kappa shape index (κ3) is 2.86. The van der Waals surface area contributed by atoms with Gasteiger partial charge in [-0.15, -0.1) is 11.3 Å². The molecule has 124 valence electrons. The molecule has 2 amide bonds. The van der Waals surface area contributed by atoms with Crippen LogP contribution in [-0.2, 0) is 11.2 Å². The van der Waals surface area contributed by atoms with Crippen LogP contribution in [0, 0.1) is 6.92 Å². The first kappa shape index (κ1) is 17.1. The lowest BCUT2D eigenvalue weighted by Crippen LogP contribution is -2.36. The van der Waals surface area contributed by atoms with E-state index in [4.69, 9.17) is 11.5 Å². The maximum absolute atomic E-state index is 13.0. The van der Waals surface area contributed by atoms with Crippen LogP contribution in [0.3, 0.4) is 0 Å². The first-order valence-corrected chi connectivity index (χ1v) is 8.28. The molecular weight excluding hydrogens is 316 g/mol. The summed E-state index contributed by atoms with van der Waals surface area (Å²) in [7, 11) is 0. The molecule has 0 aliphatic rings. The molecule has 2 aromatic heterocycles. The fourth-order valence-electron chi connectivity index (χ4n) is 2.71. The molecule has 2 rings (SSSR count). The molecule has 7 nitrogen and oxygen atoms in total. The van der Waals surface area contributed by atoms with Crippen LogP contribution in [0.15, 0.2) is 4.79 Å². The largest absolute Gasteiger partial charge is 0.368 e. The Hall–Kier alpha value is -2.22. The van der Waals surface area contributed by atoms with E-state index in [9.17, 15) is 14.4 Å². The number of aromatic nitrogens is 2. The first-order valence-electron chi connectivity index (χ1n) is 7.47. The topological polar surface area (TPSA) is 121 Å². The van der Waals surface area contributed by atoms with Crippen LogP contribution in [0.4, 0.5) is 0 Å². The van der Waals surface area contributed by atoms with Crippen LogP contribution < -0.4 is 17.0 Å². The number of hydrogen-bond donors (Lipinski definition) is 2. The summed E-state index contributed by atoms with van der Waals surface area (Å²) in [5.74, 6) is -0.653. The lowest BCUT2D eigenvalue weighted by molar-refractivity contribution is -0.121. The summed E-state index contributed by atoms with van der Waals surface area (Å²) in [4.78, 5) is 41.5. The zero-order valence-corrected chi connectivity index (χ0v) is 14.2. The summed E-state index contributed by atoms with van der Waals surface area (Å²) >= 11 is 1.11. The average molecular weight is 336 g/mol. The minimum Gasteiger partial charge on any atom is -0.368 e. The van der Waals surface area contributed by atoms with Gasteiger partial charge in [0.15, 0.2) is 0 Å². The van der Waals surface area contributed by atoms with Gasteiger partial charge in [0.25, 0.3) is 11.5 Å². The van der Waals surface area contributed by atoms with Crippen molar-refractivity contribution in [1.82, 2.24) is 9.55 Å². The lowest BCUT2D eigenvalue weighted by Gasteiger charge is -2.18. The number of fused-ring (bicyclic) bond motifs is 1. The standard InChI is InChI=1S/C15H20N4O3S/c1-4-6-9-18-14-10(7(3)11(23-14)13(17)21)15(22)19(9)8(5-2)12(16)20/h8H,4-6H2,1-3H3,(H2,16,20)(H2,17,21). The summed E-state index contributed by atoms with van der Waals surface area (Å²) in [6, 6.07) is -0.753. The van der Waals surface area contributed by atoms with Crippen molar-refractivity contribution < 1.29 is 9.59 Å². The van der Waals surface area contributed by atoms with E-state index in [1.54, 1.807) is 13.8 Å². The number of nitrogens with two attached hydrogens (primary N) is 2. The summed E-state index contributed by atoms with van der Waals surface area (Å²) in [5, 5.41) is 0.336. The van der Waals surface area contributed by atoms with Gasteiger partial charge < -0.3 is 11.5 Å². The Balaban J connectivity index is 2.89. The van der Waals surface area contributed by atoms with Gasteiger partial charge >= 0.3 is 0 Å². The second-order valence-corrected chi connectivity index (χ2v) is 6.38. The number of hydrogen-bond acceptors (Lipinski definition) is 5. The number of amides is 2.